The van der Waals surface area contributed by atoms with E-state index in [-0.39, 0.29) is 5.41 Å². The predicted octanol–water partition coefficient (Wildman–Crippen LogP) is 2.33. The van der Waals surface area contributed by atoms with E-state index in [0.717, 1.165) is 43.9 Å². The lowest BCUT2D eigenvalue weighted by Crippen LogP contribution is -2.74. The summed E-state index contributed by atoms with van der Waals surface area (Å²) in [5, 5.41) is 38.1. The molecule has 0 spiro atoms. The van der Waals surface area contributed by atoms with E-state index in [1.807, 2.05) is 0 Å². The summed E-state index contributed by atoms with van der Waals surface area (Å²) in [4.78, 5) is 0. The summed E-state index contributed by atoms with van der Waals surface area (Å²) in [6.07, 6.45) is 6.19. The van der Waals surface area contributed by atoms with Gasteiger partial charge in [-0.15, -0.1) is 0 Å². The minimum Gasteiger partial charge on any atom is -0.427 e. The number of aliphatic hydroxyl groups is 2. The zero-order valence-electron chi connectivity index (χ0n) is 13.5. The van der Waals surface area contributed by atoms with Gasteiger partial charge in [-0.25, -0.2) is 0 Å². The molecule has 3 fully saturated rings. The van der Waals surface area contributed by atoms with Crippen LogP contribution >= 0.6 is 15.9 Å². The molecule has 0 saturated heterocycles. The van der Waals surface area contributed by atoms with Crippen molar-refractivity contribution in [3.05, 3.63) is 0 Å². The fourth-order valence-electron chi connectivity index (χ4n) is 3.72. The van der Waals surface area contributed by atoms with Crippen LogP contribution in [0.4, 0.5) is 0 Å². The SMILES string of the molecule is CC1(O)CCC2CC1(O)C2(C)C.OB(O)CCCCCBr. The highest BCUT2D eigenvalue weighted by molar-refractivity contribution is 9.09. The molecule has 3 atom stereocenters. The van der Waals surface area contributed by atoms with Gasteiger partial charge in [-0.1, -0.05) is 42.6 Å². The van der Waals surface area contributed by atoms with Crippen LogP contribution in [-0.2, 0) is 0 Å². The first kappa shape index (κ1) is 19.4. The van der Waals surface area contributed by atoms with Crippen LogP contribution in [0, 0.1) is 11.3 Å². The maximum atomic E-state index is 10.2. The van der Waals surface area contributed by atoms with Crippen LogP contribution in [0.1, 0.15) is 59.3 Å². The Morgan fingerprint density at radius 1 is 1.10 bits per heavy atom. The lowest BCUT2D eigenvalue weighted by Gasteiger charge is -2.68. The van der Waals surface area contributed by atoms with E-state index in [4.69, 9.17) is 10.0 Å². The molecule has 21 heavy (non-hydrogen) atoms. The van der Waals surface area contributed by atoms with Crippen molar-refractivity contribution in [1.82, 2.24) is 0 Å². The van der Waals surface area contributed by atoms with Gasteiger partial charge in [0.1, 0.15) is 0 Å². The van der Waals surface area contributed by atoms with Crippen molar-refractivity contribution in [2.24, 2.45) is 11.3 Å². The van der Waals surface area contributed by atoms with Crippen LogP contribution in [0.25, 0.3) is 0 Å². The minimum absolute atomic E-state index is 0.0885. The highest BCUT2D eigenvalue weighted by Gasteiger charge is 2.69. The van der Waals surface area contributed by atoms with Crippen molar-refractivity contribution in [3.8, 4) is 0 Å². The molecule has 124 valence electrons. The minimum atomic E-state index is -1.11. The number of alkyl halides is 1. The molecule has 0 aliphatic heterocycles. The third kappa shape index (κ3) is 4.02. The lowest BCUT2D eigenvalue weighted by atomic mass is 9.41. The number of fused-ring (bicyclic) bond motifs is 2. The zero-order valence-corrected chi connectivity index (χ0v) is 15.1. The molecule has 3 saturated carbocycles. The molecule has 3 rings (SSSR count). The van der Waals surface area contributed by atoms with Crippen LogP contribution in [0.5, 0.6) is 0 Å². The van der Waals surface area contributed by atoms with Gasteiger partial charge in [0.2, 0.25) is 0 Å². The summed E-state index contributed by atoms with van der Waals surface area (Å²) in [6.45, 7) is 5.90. The molecular formula is C15H30BBrO4. The Balaban J connectivity index is 0.000000222. The molecule has 0 aromatic rings. The lowest BCUT2D eigenvalue weighted by molar-refractivity contribution is -0.312. The first-order chi connectivity index (χ1) is 9.58. The second-order valence-corrected chi connectivity index (χ2v) is 8.11. The van der Waals surface area contributed by atoms with Gasteiger partial charge in [0.25, 0.3) is 0 Å². The van der Waals surface area contributed by atoms with Crippen molar-refractivity contribution in [2.75, 3.05) is 5.33 Å². The number of rotatable bonds is 5. The van der Waals surface area contributed by atoms with Crippen molar-refractivity contribution >= 4 is 23.0 Å². The van der Waals surface area contributed by atoms with Gasteiger partial charge < -0.3 is 20.3 Å². The van der Waals surface area contributed by atoms with Crippen molar-refractivity contribution in [2.45, 2.75) is 76.8 Å². The Hall–Kier alpha value is 0.385. The van der Waals surface area contributed by atoms with Crippen LogP contribution in [0.3, 0.4) is 0 Å². The molecule has 0 radical (unpaired) electrons. The normalized spacial score (nSPS) is 36.3. The first-order valence-electron chi connectivity index (χ1n) is 7.95. The molecule has 0 aromatic heterocycles. The van der Waals surface area contributed by atoms with Crippen molar-refractivity contribution in [3.63, 3.8) is 0 Å². The molecule has 4 nitrogen and oxygen atoms in total. The largest absolute Gasteiger partial charge is 0.451 e. The third-order valence-corrected chi connectivity index (χ3v) is 6.16. The summed E-state index contributed by atoms with van der Waals surface area (Å²) >= 11 is 3.29. The molecule has 2 bridgehead atoms. The van der Waals surface area contributed by atoms with Crippen LogP contribution in [0.2, 0.25) is 6.32 Å². The maximum absolute atomic E-state index is 10.2. The van der Waals surface area contributed by atoms with E-state index in [2.05, 4.69) is 29.8 Å². The number of halogens is 1. The number of hydrogen-bond acceptors (Lipinski definition) is 4. The highest BCUT2D eigenvalue weighted by Crippen LogP contribution is 2.65. The molecule has 0 amide bonds. The Bertz CT molecular complexity index is 326. The van der Waals surface area contributed by atoms with E-state index in [9.17, 15) is 10.2 Å². The second kappa shape index (κ2) is 7.30. The number of unbranched alkanes of at least 4 members (excludes halogenated alkanes) is 2. The van der Waals surface area contributed by atoms with Gasteiger partial charge in [0.05, 0.1) is 11.2 Å². The van der Waals surface area contributed by atoms with Crippen LogP contribution in [0.15, 0.2) is 0 Å². The molecule has 4 N–H and O–H groups in total. The van der Waals surface area contributed by atoms with E-state index in [1.54, 1.807) is 6.92 Å². The van der Waals surface area contributed by atoms with Gasteiger partial charge in [-0.3, -0.25) is 0 Å². The molecule has 0 aromatic carbocycles. The average molecular weight is 365 g/mol. The molecule has 3 unspecified atom stereocenters. The Labute approximate surface area is 137 Å². The average Bonchev–Trinajstić information content (AvgIpc) is 2.38. The zero-order chi connectivity index (χ0) is 16.3. The molecule has 3 aliphatic carbocycles. The van der Waals surface area contributed by atoms with Gasteiger partial charge in [0.15, 0.2) is 0 Å². The highest BCUT2D eigenvalue weighted by atomic mass is 79.9. The standard InChI is InChI=1S/C10H18O2.C5H12BBrO2/c1-8(2)7-4-5-9(3,11)10(8,12)6-7;7-5-3-1-2-4-6(8)9/h7,11-12H,4-6H2,1-3H3;8-9H,1-5H2. The monoisotopic (exact) mass is 364 g/mol. The van der Waals surface area contributed by atoms with Crippen LogP contribution in [-0.4, -0.2) is 43.9 Å². The Morgan fingerprint density at radius 2 is 1.71 bits per heavy atom. The van der Waals surface area contributed by atoms with E-state index < -0.39 is 18.3 Å². The van der Waals surface area contributed by atoms with Gasteiger partial charge >= 0.3 is 7.12 Å². The third-order valence-electron chi connectivity index (χ3n) is 5.59. The summed E-state index contributed by atoms with van der Waals surface area (Å²) in [5.74, 6) is 0.614. The molecule has 6 heteroatoms. The fraction of sp³-hybridized carbons (Fsp3) is 1.00. The predicted molar refractivity (Wildman–Crippen MR) is 89.3 cm³/mol. The van der Waals surface area contributed by atoms with Crippen molar-refractivity contribution < 1.29 is 20.3 Å². The van der Waals surface area contributed by atoms with E-state index in [1.165, 1.54) is 0 Å². The molecule has 3 aliphatic rings. The maximum Gasteiger partial charge on any atom is 0.451 e. The van der Waals surface area contributed by atoms with Gasteiger partial charge in [-0.05, 0) is 50.3 Å². The molecule has 0 heterocycles. The fourth-order valence-corrected chi connectivity index (χ4v) is 4.11. The Kier molecular flexibility index (Phi) is 6.76. The quantitative estimate of drug-likeness (QED) is 0.343. The Morgan fingerprint density at radius 3 is 2.10 bits per heavy atom. The summed E-state index contributed by atoms with van der Waals surface area (Å²) < 4.78 is 0. The smallest absolute Gasteiger partial charge is 0.427 e. The topological polar surface area (TPSA) is 80.9 Å². The van der Waals surface area contributed by atoms with E-state index in [0.29, 0.717) is 12.2 Å². The summed E-state index contributed by atoms with van der Waals surface area (Å²) in [6, 6.07) is 0. The summed E-state index contributed by atoms with van der Waals surface area (Å²) in [7, 11) is -1.11. The second-order valence-electron chi connectivity index (χ2n) is 7.31. The van der Waals surface area contributed by atoms with Crippen molar-refractivity contribution in [1.29, 1.82) is 0 Å². The van der Waals surface area contributed by atoms with Gasteiger partial charge in [-0.2, -0.15) is 0 Å². The number of hydrogen-bond donors (Lipinski definition) is 4. The van der Waals surface area contributed by atoms with Crippen LogP contribution < -0.4 is 0 Å². The summed E-state index contributed by atoms with van der Waals surface area (Å²) in [5.41, 5.74) is -1.79. The van der Waals surface area contributed by atoms with E-state index >= 15 is 0 Å². The molecular weight excluding hydrogens is 335 g/mol. The first-order valence-corrected chi connectivity index (χ1v) is 9.07. The van der Waals surface area contributed by atoms with Gasteiger partial charge in [0, 0.05) is 5.33 Å².